The van der Waals surface area contributed by atoms with E-state index in [4.69, 9.17) is 0 Å². The van der Waals surface area contributed by atoms with Gasteiger partial charge in [-0.05, 0) is 63.1 Å². The summed E-state index contributed by atoms with van der Waals surface area (Å²) in [6.45, 7) is 3.38. The number of hydrogen-bond acceptors (Lipinski definition) is 2. The van der Waals surface area contributed by atoms with Gasteiger partial charge in [0.2, 0.25) is 0 Å². The highest BCUT2D eigenvalue weighted by Crippen LogP contribution is 2.29. The van der Waals surface area contributed by atoms with Crippen LogP contribution in [0.5, 0.6) is 0 Å². The van der Waals surface area contributed by atoms with Gasteiger partial charge in [-0.3, -0.25) is 0 Å². The Morgan fingerprint density at radius 2 is 2.15 bits per heavy atom. The minimum Gasteiger partial charge on any atom is -0.309 e. The molecule has 1 N–H and O–H groups in total. The minimum atomic E-state index is 0.455. The van der Waals surface area contributed by atoms with Crippen LogP contribution < -0.4 is 5.32 Å². The van der Waals surface area contributed by atoms with Crippen molar-refractivity contribution in [1.82, 2.24) is 5.32 Å². The first kappa shape index (κ1) is 13.8. The van der Waals surface area contributed by atoms with Crippen LogP contribution in [0.1, 0.15) is 49.9 Å². The molecule has 1 heterocycles. The molecule has 20 heavy (non-hydrogen) atoms. The van der Waals surface area contributed by atoms with Crippen molar-refractivity contribution >= 4 is 21.4 Å². The highest BCUT2D eigenvalue weighted by Gasteiger charge is 2.09. The molecule has 0 saturated heterocycles. The van der Waals surface area contributed by atoms with Gasteiger partial charge in [0.25, 0.3) is 0 Å². The van der Waals surface area contributed by atoms with Crippen LogP contribution in [-0.2, 0) is 0 Å². The largest absolute Gasteiger partial charge is 0.309 e. The smallest absolute Gasteiger partial charge is 0.0386 e. The Balaban J connectivity index is 1.55. The molecule has 1 aromatic heterocycles. The highest BCUT2D eigenvalue weighted by atomic mass is 32.1. The van der Waals surface area contributed by atoms with Gasteiger partial charge in [-0.15, -0.1) is 11.3 Å². The van der Waals surface area contributed by atoms with E-state index >= 15 is 0 Å². The van der Waals surface area contributed by atoms with E-state index in [-0.39, 0.29) is 0 Å². The summed E-state index contributed by atoms with van der Waals surface area (Å²) in [4.78, 5) is 1.45. The molecule has 1 atom stereocenters. The zero-order chi connectivity index (χ0) is 13.8. The van der Waals surface area contributed by atoms with Gasteiger partial charge in [0, 0.05) is 15.6 Å². The minimum absolute atomic E-state index is 0.455. The summed E-state index contributed by atoms with van der Waals surface area (Å²) in [6.07, 6.45) is 9.05. The van der Waals surface area contributed by atoms with Crippen LogP contribution in [0.2, 0.25) is 0 Å². The van der Waals surface area contributed by atoms with Crippen molar-refractivity contribution in [3.05, 3.63) is 46.9 Å². The number of fused-ring (bicyclic) bond motifs is 1. The van der Waals surface area contributed by atoms with Gasteiger partial charge in [0.15, 0.2) is 0 Å². The fourth-order valence-electron chi connectivity index (χ4n) is 2.90. The average molecular weight is 285 g/mol. The van der Waals surface area contributed by atoms with Gasteiger partial charge in [0.1, 0.15) is 0 Å². The lowest BCUT2D eigenvalue weighted by molar-refractivity contribution is 0.569. The van der Waals surface area contributed by atoms with Gasteiger partial charge in [-0.25, -0.2) is 0 Å². The molecule has 106 valence electrons. The second-order valence-electron chi connectivity index (χ2n) is 5.72. The van der Waals surface area contributed by atoms with Gasteiger partial charge < -0.3 is 5.32 Å². The molecule has 0 saturated carbocycles. The first-order chi connectivity index (χ1) is 9.83. The molecule has 0 bridgehead atoms. The van der Waals surface area contributed by atoms with Crippen molar-refractivity contribution in [3.63, 3.8) is 0 Å². The molecule has 2 heteroatoms. The van der Waals surface area contributed by atoms with Crippen LogP contribution in [0.25, 0.3) is 10.1 Å². The maximum atomic E-state index is 3.68. The fourth-order valence-corrected chi connectivity index (χ4v) is 3.99. The maximum Gasteiger partial charge on any atom is 0.0386 e. The molecule has 1 aliphatic carbocycles. The summed E-state index contributed by atoms with van der Waals surface area (Å²) >= 11 is 1.91. The van der Waals surface area contributed by atoms with E-state index < -0.39 is 0 Å². The number of nitrogens with one attached hydrogen (secondary N) is 1. The predicted molar refractivity (Wildman–Crippen MR) is 89.4 cm³/mol. The van der Waals surface area contributed by atoms with E-state index in [1.807, 2.05) is 11.3 Å². The molecule has 0 radical (unpaired) electrons. The molecule has 0 fully saturated rings. The van der Waals surface area contributed by atoms with Crippen molar-refractivity contribution in [3.8, 4) is 0 Å². The lowest BCUT2D eigenvalue weighted by Crippen LogP contribution is -2.19. The van der Waals surface area contributed by atoms with Crippen LogP contribution >= 0.6 is 11.3 Å². The zero-order valence-corrected chi connectivity index (χ0v) is 13.0. The van der Waals surface area contributed by atoms with E-state index in [1.165, 1.54) is 47.1 Å². The van der Waals surface area contributed by atoms with E-state index in [1.54, 1.807) is 5.57 Å². The summed E-state index contributed by atoms with van der Waals surface area (Å²) in [6, 6.07) is 11.4. The van der Waals surface area contributed by atoms with Gasteiger partial charge in [-0.2, -0.15) is 0 Å². The van der Waals surface area contributed by atoms with Gasteiger partial charge in [0.05, 0.1) is 0 Å². The molecule has 0 amide bonds. The number of benzene rings is 1. The van der Waals surface area contributed by atoms with Crippen LogP contribution in [0, 0.1) is 0 Å². The van der Waals surface area contributed by atoms with Crippen molar-refractivity contribution in [2.24, 2.45) is 0 Å². The molecule has 1 nitrogen and oxygen atoms in total. The predicted octanol–water partition coefficient (Wildman–Crippen LogP) is 5.44. The standard InChI is InChI=1S/C18H23NS/c1-14(19-12-11-15-7-3-2-4-8-15)18-13-16-9-5-6-10-17(16)20-18/h5-7,9-10,13-14,19H,2-4,8,11-12H2,1H3. The monoisotopic (exact) mass is 285 g/mol. The highest BCUT2D eigenvalue weighted by molar-refractivity contribution is 7.19. The second kappa shape index (κ2) is 6.55. The van der Waals surface area contributed by atoms with Crippen LogP contribution in [0.4, 0.5) is 0 Å². The third-order valence-corrected chi connectivity index (χ3v) is 5.45. The Kier molecular flexibility index (Phi) is 4.54. The van der Waals surface area contributed by atoms with Gasteiger partial charge >= 0.3 is 0 Å². The molecule has 1 aliphatic rings. The second-order valence-corrected chi connectivity index (χ2v) is 6.84. The normalized spacial score (nSPS) is 17.1. The molecule has 1 unspecified atom stereocenters. The van der Waals surface area contributed by atoms with Crippen molar-refractivity contribution in [2.45, 2.75) is 45.1 Å². The molecule has 3 rings (SSSR count). The van der Waals surface area contributed by atoms with Crippen molar-refractivity contribution < 1.29 is 0 Å². The summed E-state index contributed by atoms with van der Waals surface area (Å²) in [7, 11) is 0. The average Bonchev–Trinajstić information content (AvgIpc) is 2.92. The van der Waals surface area contributed by atoms with E-state index in [0.29, 0.717) is 6.04 Å². The van der Waals surface area contributed by atoms with E-state index in [0.717, 1.165) is 6.54 Å². The van der Waals surface area contributed by atoms with Crippen LogP contribution in [0.15, 0.2) is 42.0 Å². The summed E-state index contributed by atoms with van der Waals surface area (Å²) < 4.78 is 1.39. The SMILES string of the molecule is CC(NCCC1=CCCCC1)c1cc2ccccc2s1. The van der Waals surface area contributed by atoms with Crippen LogP contribution in [0.3, 0.4) is 0 Å². The third-order valence-electron chi connectivity index (χ3n) is 4.15. The quantitative estimate of drug-likeness (QED) is 0.721. The van der Waals surface area contributed by atoms with Crippen molar-refractivity contribution in [1.29, 1.82) is 0 Å². The first-order valence-corrected chi connectivity index (χ1v) is 8.54. The number of rotatable bonds is 5. The fraction of sp³-hybridized carbons (Fsp3) is 0.444. The lowest BCUT2D eigenvalue weighted by Gasteiger charge is -2.15. The third kappa shape index (κ3) is 3.31. The molecule has 2 aromatic rings. The van der Waals surface area contributed by atoms with Gasteiger partial charge in [-0.1, -0.05) is 29.8 Å². The number of hydrogen-bond donors (Lipinski definition) is 1. The molecular formula is C18H23NS. The Hall–Kier alpha value is -1.12. The Morgan fingerprint density at radius 3 is 2.95 bits per heavy atom. The molecule has 0 aliphatic heterocycles. The zero-order valence-electron chi connectivity index (χ0n) is 12.2. The summed E-state index contributed by atoms with van der Waals surface area (Å²) in [5.74, 6) is 0. The topological polar surface area (TPSA) is 12.0 Å². The Labute approximate surface area is 125 Å². The molecule has 1 aromatic carbocycles. The molecular weight excluding hydrogens is 262 g/mol. The molecule has 0 spiro atoms. The lowest BCUT2D eigenvalue weighted by atomic mass is 9.97. The maximum absolute atomic E-state index is 3.68. The Morgan fingerprint density at radius 1 is 1.25 bits per heavy atom. The van der Waals surface area contributed by atoms with E-state index in [9.17, 15) is 0 Å². The first-order valence-electron chi connectivity index (χ1n) is 7.73. The van der Waals surface area contributed by atoms with Crippen molar-refractivity contribution in [2.75, 3.05) is 6.54 Å². The summed E-state index contributed by atoms with van der Waals surface area (Å²) in [5, 5.41) is 5.05. The van der Waals surface area contributed by atoms with Crippen LogP contribution in [-0.4, -0.2) is 6.54 Å². The summed E-state index contributed by atoms with van der Waals surface area (Å²) in [5.41, 5.74) is 1.66. The van der Waals surface area contributed by atoms with E-state index in [2.05, 4.69) is 48.6 Å². The Bertz CT molecular complexity index is 563. The number of allylic oxidation sites excluding steroid dienone is 1. The number of thiophene rings is 1.